The molecular formula is C16H24N2O2S2. The van der Waals surface area contributed by atoms with Gasteiger partial charge in [0.05, 0.1) is 12.7 Å². The number of thiocarbonyl (C=S) groups is 1. The van der Waals surface area contributed by atoms with E-state index in [0.717, 1.165) is 34.8 Å². The van der Waals surface area contributed by atoms with Crippen LogP contribution in [0.25, 0.3) is 0 Å². The lowest BCUT2D eigenvalue weighted by molar-refractivity contribution is 0.0601. The Morgan fingerprint density at radius 2 is 2.23 bits per heavy atom. The summed E-state index contributed by atoms with van der Waals surface area (Å²) in [5, 5.41) is 4.82. The molecule has 0 spiro atoms. The molecule has 2 heterocycles. The van der Waals surface area contributed by atoms with Crippen molar-refractivity contribution in [2.45, 2.75) is 52.5 Å². The molecule has 0 amide bonds. The summed E-state index contributed by atoms with van der Waals surface area (Å²) < 4.78 is 4.95. The number of thiophene rings is 1. The molecule has 1 aliphatic heterocycles. The summed E-state index contributed by atoms with van der Waals surface area (Å²) in [6.07, 6.45) is 4.39. The zero-order valence-corrected chi connectivity index (χ0v) is 15.3. The van der Waals surface area contributed by atoms with Crippen LogP contribution in [-0.4, -0.2) is 35.7 Å². The molecule has 2 rings (SSSR count). The van der Waals surface area contributed by atoms with Crippen molar-refractivity contribution >= 4 is 39.6 Å². The number of esters is 1. The number of methoxy groups -OCH3 is 1. The second-order valence-electron chi connectivity index (χ2n) is 5.65. The fourth-order valence-electron chi connectivity index (χ4n) is 2.98. The zero-order chi connectivity index (χ0) is 16.3. The number of anilines is 1. The molecule has 1 N–H and O–H groups in total. The predicted octanol–water partition coefficient (Wildman–Crippen LogP) is 3.98. The van der Waals surface area contributed by atoms with Gasteiger partial charge in [0.25, 0.3) is 0 Å². The maximum absolute atomic E-state index is 12.1. The number of likely N-dealkylation sites (tertiary alicyclic amines) is 1. The monoisotopic (exact) mass is 340 g/mol. The van der Waals surface area contributed by atoms with Gasteiger partial charge >= 0.3 is 5.97 Å². The number of rotatable bonds is 3. The highest BCUT2D eigenvalue weighted by Gasteiger charge is 2.25. The number of carbonyl (C=O) groups excluding carboxylic acids is 1. The Morgan fingerprint density at radius 3 is 2.82 bits per heavy atom. The van der Waals surface area contributed by atoms with Gasteiger partial charge in [-0.15, -0.1) is 11.3 Å². The molecule has 1 aromatic heterocycles. The summed E-state index contributed by atoms with van der Waals surface area (Å²) in [6, 6.07) is 0.446. The van der Waals surface area contributed by atoms with Crippen LogP contribution < -0.4 is 5.32 Å². The summed E-state index contributed by atoms with van der Waals surface area (Å²) in [5.41, 5.74) is 1.69. The maximum atomic E-state index is 12.1. The van der Waals surface area contributed by atoms with Gasteiger partial charge < -0.3 is 15.0 Å². The largest absolute Gasteiger partial charge is 0.465 e. The van der Waals surface area contributed by atoms with Crippen LogP contribution in [0.5, 0.6) is 0 Å². The van der Waals surface area contributed by atoms with Crippen molar-refractivity contribution in [1.29, 1.82) is 0 Å². The second kappa shape index (κ2) is 7.42. The molecule has 22 heavy (non-hydrogen) atoms. The molecule has 0 unspecified atom stereocenters. The third-order valence-corrected chi connectivity index (χ3v) is 5.64. The Kier molecular flexibility index (Phi) is 5.81. The first-order valence-corrected chi connectivity index (χ1v) is 9.00. The van der Waals surface area contributed by atoms with E-state index in [4.69, 9.17) is 17.0 Å². The van der Waals surface area contributed by atoms with Gasteiger partial charge in [0.2, 0.25) is 0 Å². The van der Waals surface area contributed by atoms with Crippen molar-refractivity contribution in [3.05, 3.63) is 16.0 Å². The highest BCUT2D eigenvalue weighted by molar-refractivity contribution is 7.80. The predicted molar refractivity (Wildman–Crippen MR) is 96.0 cm³/mol. The van der Waals surface area contributed by atoms with Gasteiger partial charge in [0.1, 0.15) is 5.00 Å². The molecule has 0 aliphatic carbocycles. The number of nitrogens with one attached hydrogen (secondary N) is 1. The topological polar surface area (TPSA) is 41.6 Å². The molecular weight excluding hydrogens is 316 g/mol. The van der Waals surface area contributed by atoms with Crippen molar-refractivity contribution in [3.63, 3.8) is 0 Å². The van der Waals surface area contributed by atoms with Crippen LogP contribution in [0.3, 0.4) is 0 Å². The van der Waals surface area contributed by atoms with Gasteiger partial charge in [-0.2, -0.15) is 0 Å². The number of piperidine rings is 1. The normalized spacial score (nSPS) is 18.2. The zero-order valence-electron chi connectivity index (χ0n) is 13.7. The Hall–Kier alpha value is -1.14. The molecule has 122 valence electrons. The molecule has 6 heteroatoms. The van der Waals surface area contributed by atoms with Crippen LogP contribution in [0.4, 0.5) is 5.00 Å². The van der Waals surface area contributed by atoms with Gasteiger partial charge in [-0.25, -0.2) is 4.79 Å². The van der Waals surface area contributed by atoms with Gasteiger partial charge in [-0.3, -0.25) is 0 Å². The van der Waals surface area contributed by atoms with E-state index in [0.29, 0.717) is 16.7 Å². The lowest BCUT2D eigenvalue weighted by atomic mass is 10.0. The summed E-state index contributed by atoms with van der Waals surface area (Å²) in [7, 11) is 1.42. The minimum Gasteiger partial charge on any atom is -0.465 e. The molecule has 4 nitrogen and oxygen atoms in total. The van der Waals surface area contributed by atoms with Gasteiger partial charge in [0.15, 0.2) is 5.11 Å². The summed E-state index contributed by atoms with van der Waals surface area (Å²) in [6.45, 7) is 7.26. The van der Waals surface area contributed by atoms with Crippen LogP contribution >= 0.6 is 23.6 Å². The van der Waals surface area contributed by atoms with Crippen LogP contribution in [0.1, 0.15) is 53.9 Å². The van der Waals surface area contributed by atoms with Gasteiger partial charge in [-0.05, 0) is 57.3 Å². The molecule has 1 atom stereocenters. The van der Waals surface area contributed by atoms with Crippen LogP contribution in [0.2, 0.25) is 0 Å². The number of aryl methyl sites for hydroxylation is 1. The van der Waals surface area contributed by atoms with E-state index >= 15 is 0 Å². The Balaban J connectivity index is 2.25. The van der Waals surface area contributed by atoms with E-state index in [2.05, 4.69) is 24.1 Å². The fraction of sp³-hybridized carbons (Fsp3) is 0.625. The Bertz CT molecular complexity index is 569. The summed E-state index contributed by atoms with van der Waals surface area (Å²) in [5.74, 6) is -0.293. The highest BCUT2D eigenvalue weighted by atomic mass is 32.1. The molecule has 1 aliphatic rings. The summed E-state index contributed by atoms with van der Waals surface area (Å²) in [4.78, 5) is 15.5. The lowest BCUT2D eigenvalue weighted by Crippen LogP contribution is -2.44. The number of ether oxygens (including phenoxy) is 1. The standard InChI is InChI=1S/C16H24N2O2S2/c1-5-12-11(3)22-14(13(12)15(19)20-4)17-16(21)18-9-7-6-8-10(18)2/h10H,5-9H2,1-4H3,(H,17,21)/t10-/m1/s1. The highest BCUT2D eigenvalue weighted by Crippen LogP contribution is 2.34. The Morgan fingerprint density at radius 1 is 1.50 bits per heavy atom. The third kappa shape index (κ3) is 3.43. The first kappa shape index (κ1) is 17.2. The maximum Gasteiger partial charge on any atom is 0.341 e. The molecule has 0 bridgehead atoms. The van der Waals surface area contributed by atoms with Crippen LogP contribution in [0.15, 0.2) is 0 Å². The van der Waals surface area contributed by atoms with Gasteiger partial charge in [0, 0.05) is 17.5 Å². The van der Waals surface area contributed by atoms with Crippen molar-refractivity contribution in [2.24, 2.45) is 0 Å². The number of hydrogen-bond acceptors (Lipinski definition) is 4. The van der Waals surface area contributed by atoms with E-state index < -0.39 is 0 Å². The number of nitrogens with zero attached hydrogens (tertiary/aromatic N) is 1. The molecule has 0 aromatic carbocycles. The summed E-state index contributed by atoms with van der Waals surface area (Å²) >= 11 is 7.15. The number of hydrogen-bond donors (Lipinski definition) is 1. The van der Waals surface area contributed by atoms with E-state index in [1.54, 1.807) is 11.3 Å². The van der Waals surface area contributed by atoms with E-state index in [-0.39, 0.29) is 5.97 Å². The first-order chi connectivity index (χ1) is 10.5. The van der Waals surface area contributed by atoms with Crippen molar-refractivity contribution in [1.82, 2.24) is 4.90 Å². The van der Waals surface area contributed by atoms with Gasteiger partial charge in [-0.1, -0.05) is 6.92 Å². The minimum atomic E-state index is -0.293. The van der Waals surface area contributed by atoms with Crippen molar-refractivity contribution in [2.75, 3.05) is 19.0 Å². The van der Waals surface area contributed by atoms with E-state index in [1.165, 1.54) is 20.0 Å². The first-order valence-electron chi connectivity index (χ1n) is 7.77. The SMILES string of the molecule is CCc1c(C)sc(NC(=S)N2CCCC[C@H]2C)c1C(=O)OC. The van der Waals surface area contributed by atoms with Crippen LogP contribution in [0, 0.1) is 6.92 Å². The van der Waals surface area contributed by atoms with Crippen molar-refractivity contribution in [3.8, 4) is 0 Å². The number of carbonyl (C=O) groups is 1. The third-order valence-electron chi connectivity index (χ3n) is 4.24. The Labute approximate surface area is 141 Å². The van der Waals surface area contributed by atoms with Crippen molar-refractivity contribution < 1.29 is 9.53 Å². The molecule has 1 aromatic rings. The van der Waals surface area contributed by atoms with Crippen LogP contribution in [-0.2, 0) is 11.2 Å². The molecule has 0 saturated carbocycles. The lowest BCUT2D eigenvalue weighted by Gasteiger charge is -2.35. The minimum absolute atomic E-state index is 0.293. The average molecular weight is 341 g/mol. The van der Waals surface area contributed by atoms with E-state index in [9.17, 15) is 4.79 Å². The smallest absolute Gasteiger partial charge is 0.341 e. The average Bonchev–Trinajstić information content (AvgIpc) is 2.82. The molecule has 1 saturated heterocycles. The molecule has 0 radical (unpaired) electrons. The fourth-order valence-corrected chi connectivity index (χ4v) is 4.55. The second-order valence-corrected chi connectivity index (χ2v) is 7.27. The quantitative estimate of drug-likeness (QED) is 0.666. The van der Waals surface area contributed by atoms with E-state index in [1.807, 2.05) is 6.92 Å². The molecule has 1 fully saturated rings.